The number of hydrogen-bond donors (Lipinski definition) is 1. The molecule has 0 saturated carbocycles. The molecule has 8 heteroatoms. The molecule has 168 valence electrons. The summed E-state index contributed by atoms with van der Waals surface area (Å²) < 4.78 is 27.6. The number of amides is 1. The summed E-state index contributed by atoms with van der Waals surface area (Å²) in [6.45, 7) is 3.35. The van der Waals surface area contributed by atoms with Crippen LogP contribution in [0.15, 0.2) is 59.5 Å². The van der Waals surface area contributed by atoms with Crippen LogP contribution in [0.3, 0.4) is 0 Å². The maximum atomic E-state index is 13.3. The minimum atomic E-state index is -3.94. The Morgan fingerprint density at radius 2 is 1.61 bits per heavy atom. The summed E-state index contributed by atoms with van der Waals surface area (Å²) in [7, 11) is -3.94. The Balaban J connectivity index is 1.65. The number of hydrogen-bond acceptors (Lipinski definition) is 4. The van der Waals surface area contributed by atoms with Crippen molar-refractivity contribution in [3.05, 3.63) is 59.6 Å². The number of sulfonamides is 1. The van der Waals surface area contributed by atoms with Gasteiger partial charge in [0, 0.05) is 6.54 Å². The fraction of sp³-hybridized carbons (Fsp3) is 0.435. The van der Waals surface area contributed by atoms with Gasteiger partial charge in [0.25, 0.3) is 10.0 Å². The number of halogens is 1. The van der Waals surface area contributed by atoms with E-state index < -0.39 is 10.0 Å². The number of nitrogens with one attached hydrogen (secondary N) is 1. The Morgan fingerprint density at radius 1 is 0.968 bits per heavy atom. The number of carbonyl (C=O) groups excluding carboxylic acids is 1. The number of para-hydroxylation sites is 1. The van der Waals surface area contributed by atoms with Crippen LogP contribution in [0.1, 0.15) is 32.1 Å². The van der Waals surface area contributed by atoms with Gasteiger partial charge in [-0.2, -0.15) is 0 Å². The summed E-state index contributed by atoms with van der Waals surface area (Å²) in [5.41, 5.74) is 0.285. The smallest absolute Gasteiger partial charge is 0.264 e. The lowest BCUT2D eigenvalue weighted by molar-refractivity contribution is -0.119. The van der Waals surface area contributed by atoms with E-state index in [0.717, 1.165) is 30.4 Å². The third kappa shape index (κ3) is 6.69. The Kier molecular flexibility index (Phi) is 8.75. The minimum Gasteiger partial charge on any atom is -0.354 e. The molecule has 0 bridgehead atoms. The van der Waals surface area contributed by atoms with E-state index in [1.54, 1.807) is 42.5 Å². The predicted molar refractivity (Wildman–Crippen MR) is 125 cm³/mol. The molecule has 6 nitrogen and oxygen atoms in total. The van der Waals surface area contributed by atoms with Crippen LogP contribution in [0.2, 0.25) is 5.02 Å². The molecule has 2 aromatic rings. The van der Waals surface area contributed by atoms with Gasteiger partial charge in [0.1, 0.15) is 6.54 Å². The van der Waals surface area contributed by atoms with Crippen LogP contribution < -0.4 is 9.62 Å². The van der Waals surface area contributed by atoms with E-state index in [1.165, 1.54) is 37.8 Å². The molecule has 0 aromatic heterocycles. The summed E-state index contributed by atoms with van der Waals surface area (Å²) in [6, 6.07) is 14.7. The van der Waals surface area contributed by atoms with E-state index in [1.807, 2.05) is 0 Å². The SMILES string of the molecule is O=C(CN(c1ccccc1Cl)S(=O)(=O)c1ccccc1)NCCCN1CCCCCC1. The van der Waals surface area contributed by atoms with Crippen molar-refractivity contribution >= 4 is 33.2 Å². The second kappa shape index (κ2) is 11.5. The molecular formula is C23H30ClN3O3S. The van der Waals surface area contributed by atoms with Crippen LogP contribution in [-0.4, -0.2) is 51.9 Å². The van der Waals surface area contributed by atoms with E-state index in [-0.39, 0.29) is 28.1 Å². The summed E-state index contributed by atoms with van der Waals surface area (Å²) in [5, 5.41) is 3.14. The Hall–Kier alpha value is -2.09. The van der Waals surface area contributed by atoms with Gasteiger partial charge in [-0.15, -0.1) is 0 Å². The van der Waals surface area contributed by atoms with Crippen molar-refractivity contribution < 1.29 is 13.2 Å². The molecule has 1 saturated heterocycles. The molecule has 0 atom stereocenters. The third-order valence-electron chi connectivity index (χ3n) is 5.41. The molecule has 0 unspecified atom stereocenters. The van der Waals surface area contributed by atoms with Crippen molar-refractivity contribution in [1.82, 2.24) is 10.2 Å². The highest BCUT2D eigenvalue weighted by molar-refractivity contribution is 7.92. The standard InChI is InChI=1S/C23H30ClN3O3S/c24-21-13-6-7-14-22(21)27(31(29,30)20-11-4-3-5-12-20)19-23(28)25-15-10-18-26-16-8-1-2-9-17-26/h3-7,11-14H,1-2,8-10,15-19H2,(H,25,28). The molecule has 1 aliphatic rings. The lowest BCUT2D eigenvalue weighted by Crippen LogP contribution is -2.41. The summed E-state index contributed by atoms with van der Waals surface area (Å²) in [4.78, 5) is 15.2. The van der Waals surface area contributed by atoms with Gasteiger partial charge in [0.15, 0.2) is 0 Å². The van der Waals surface area contributed by atoms with Gasteiger partial charge in [0.2, 0.25) is 5.91 Å². The minimum absolute atomic E-state index is 0.115. The average molecular weight is 464 g/mol. The van der Waals surface area contributed by atoms with E-state index in [4.69, 9.17) is 11.6 Å². The monoisotopic (exact) mass is 463 g/mol. The van der Waals surface area contributed by atoms with Gasteiger partial charge < -0.3 is 10.2 Å². The first-order valence-electron chi connectivity index (χ1n) is 10.8. The van der Waals surface area contributed by atoms with Crippen molar-refractivity contribution in [3.8, 4) is 0 Å². The number of rotatable bonds is 9. The second-order valence-electron chi connectivity index (χ2n) is 7.74. The first-order chi connectivity index (χ1) is 15.0. The number of likely N-dealkylation sites (tertiary alicyclic amines) is 1. The summed E-state index contributed by atoms with van der Waals surface area (Å²) >= 11 is 6.28. The molecule has 2 aromatic carbocycles. The van der Waals surface area contributed by atoms with Crippen LogP contribution in [-0.2, 0) is 14.8 Å². The van der Waals surface area contributed by atoms with Gasteiger partial charge in [0.05, 0.1) is 15.6 Å². The lowest BCUT2D eigenvalue weighted by atomic mass is 10.2. The van der Waals surface area contributed by atoms with Crippen molar-refractivity contribution in [1.29, 1.82) is 0 Å². The fourth-order valence-corrected chi connectivity index (χ4v) is 5.50. The van der Waals surface area contributed by atoms with Crippen LogP contribution >= 0.6 is 11.6 Å². The molecule has 3 rings (SSSR count). The maximum absolute atomic E-state index is 13.3. The highest BCUT2D eigenvalue weighted by Crippen LogP contribution is 2.30. The van der Waals surface area contributed by atoms with Crippen LogP contribution in [0.25, 0.3) is 0 Å². The zero-order valence-corrected chi connectivity index (χ0v) is 19.2. The first-order valence-corrected chi connectivity index (χ1v) is 12.6. The maximum Gasteiger partial charge on any atom is 0.264 e. The van der Waals surface area contributed by atoms with Crippen LogP contribution in [0.5, 0.6) is 0 Å². The molecule has 0 aliphatic carbocycles. The highest BCUT2D eigenvalue weighted by atomic mass is 35.5. The zero-order valence-electron chi connectivity index (χ0n) is 17.7. The summed E-state index contributed by atoms with van der Waals surface area (Å²) in [6.07, 6.45) is 5.89. The molecule has 1 N–H and O–H groups in total. The van der Waals surface area contributed by atoms with Crippen LogP contribution in [0.4, 0.5) is 5.69 Å². The first kappa shape index (κ1) is 23.6. The topological polar surface area (TPSA) is 69.7 Å². The summed E-state index contributed by atoms with van der Waals surface area (Å²) in [5.74, 6) is -0.352. The third-order valence-corrected chi connectivity index (χ3v) is 7.51. The van der Waals surface area contributed by atoms with Crippen molar-refractivity contribution in [3.63, 3.8) is 0 Å². The van der Waals surface area contributed by atoms with E-state index >= 15 is 0 Å². The van der Waals surface area contributed by atoms with Crippen molar-refractivity contribution in [2.45, 2.75) is 37.0 Å². The molecule has 1 fully saturated rings. The van der Waals surface area contributed by atoms with Gasteiger partial charge in [-0.3, -0.25) is 9.10 Å². The van der Waals surface area contributed by atoms with E-state index in [9.17, 15) is 13.2 Å². The highest BCUT2D eigenvalue weighted by Gasteiger charge is 2.28. The molecule has 0 radical (unpaired) electrons. The van der Waals surface area contributed by atoms with Gasteiger partial charge in [-0.05, 0) is 63.2 Å². The van der Waals surface area contributed by atoms with E-state index in [2.05, 4.69) is 10.2 Å². The molecule has 1 heterocycles. The number of anilines is 1. The molecule has 1 aliphatic heterocycles. The molecular weight excluding hydrogens is 434 g/mol. The molecule has 0 spiro atoms. The quantitative estimate of drug-likeness (QED) is 0.572. The van der Waals surface area contributed by atoms with Gasteiger partial charge >= 0.3 is 0 Å². The van der Waals surface area contributed by atoms with Gasteiger partial charge in [-0.25, -0.2) is 8.42 Å². The Bertz CT molecular complexity index is 946. The normalized spacial score (nSPS) is 15.3. The van der Waals surface area contributed by atoms with E-state index in [0.29, 0.717) is 6.54 Å². The molecule has 31 heavy (non-hydrogen) atoms. The van der Waals surface area contributed by atoms with Crippen LogP contribution in [0, 0.1) is 0 Å². The Labute approximate surface area is 190 Å². The number of benzene rings is 2. The molecule has 1 amide bonds. The van der Waals surface area contributed by atoms with Crippen molar-refractivity contribution in [2.75, 3.05) is 37.0 Å². The van der Waals surface area contributed by atoms with Gasteiger partial charge in [-0.1, -0.05) is 54.8 Å². The lowest BCUT2D eigenvalue weighted by Gasteiger charge is -2.25. The fourth-order valence-electron chi connectivity index (χ4n) is 3.75. The Morgan fingerprint density at radius 3 is 2.29 bits per heavy atom. The second-order valence-corrected chi connectivity index (χ2v) is 10.0. The predicted octanol–water partition coefficient (Wildman–Crippen LogP) is 3.92. The van der Waals surface area contributed by atoms with Crippen molar-refractivity contribution in [2.24, 2.45) is 0 Å². The largest absolute Gasteiger partial charge is 0.354 e. The number of carbonyl (C=O) groups is 1. The number of nitrogens with zero attached hydrogens (tertiary/aromatic N) is 2. The average Bonchev–Trinajstić information content (AvgIpc) is 3.05. The zero-order chi connectivity index (χ0) is 22.1.